The van der Waals surface area contributed by atoms with Gasteiger partial charge in [-0.15, -0.1) is 0 Å². The normalized spacial score (nSPS) is 14.5. The van der Waals surface area contributed by atoms with Crippen LogP contribution in [0.25, 0.3) is 0 Å². The molecule has 4 nitrogen and oxygen atoms in total. The molecule has 0 bridgehead atoms. The van der Waals surface area contributed by atoms with Crippen molar-refractivity contribution in [1.29, 1.82) is 0 Å². The van der Waals surface area contributed by atoms with E-state index in [0.717, 1.165) is 0 Å². The molecule has 0 spiro atoms. The van der Waals surface area contributed by atoms with Crippen LogP contribution in [0.3, 0.4) is 0 Å². The van der Waals surface area contributed by atoms with Crippen molar-refractivity contribution >= 4 is 33.8 Å². The number of nitrogens with zero attached hydrogens (tertiary/aromatic N) is 1. The zero-order valence-corrected chi connectivity index (χ0v) is 23.4. The summed E-state index contributed by atoms with van der Waals surface area (Å²) < 4.78 is 13.9. The molecule has 172 valence electrons. The maximum atomic E-state index is 13.0. The van der Waals surface area contributed by atoms with Crippen LogP contribution in [-0.4, -0.2) is 58.0 Å². The molecule has 0 saturated heterocycles. The molecule has 0 saturated carbocycles. The third-order valence-corrected chi connectivity index (χ3v) is 14.9. The fourth-order valence-electron chi connectivity index (χ4n) is 4.61. The van der Waals surface area contributed by atoms with E-state index in [-0.39, 0.29) is 38.1 Å². The van der Waals surface area contributed by atoms with Gasteiger partial charge in [0.05, 0.1) is 0 Å². The topological polar surface area (TPSA) is 38.8 Å². The monoisotopic (exact) mass is 501 g/mol. The Morgan fingerprint density at radius 1 is 0.933 bits per heavy atom. The van der Waals surface area contributed by atoms with Crippen molar-refractivity contribution in [2.24, 2.45) is 0 Å². The van der Waals surface area contributed by atoms with E-state index in [9.17, 15) is 4.79 Å². The zero-order chi connectivity index (χ0) is 23.1. The van der Waals surface area contributed by atoms with Crippen molar-refractivity contribution in [3.8, 4) is 0 Å². The Hall–Kier alpha value is -0.814. The molecule has 0 aromatic heterocycles. The predicted molar refractivity (Wildman–Crippen MR) is 131 cm³/mol. The van der Waals surface area contributed by atoms with Crippen LogP contribution in [0.5, 0.6) is 0 Å². The van der Waals surface area contributed by atoms with E-state index in [4.69, 9.17) is 9.16 Å². The number of carbonyl (C=O) groups is 1. The predicted octanol–water partition coefficient (Wildman–Crippen LogP) is 5.79. The van der Waals surface area contributed by atoms with Gasteiger partial charge in [0, 0.05) is 0 Å². The summed E-state index contributed by atoms with van der Waals surface area (Å²) >= 11 is 0.0444. The van der Waals surface area contributed by atoms with E-state index in [0.29, 0.717) is 23.2 Å². The number of benzene rings is 1. The van der Waals surface area contributed by atoms with E-state index in [1.54, 1.807) is 0 Å². The van der Waals surface area contributed by atoms with Crippen molar-refractivity contribution in [3.05, 3.63) is 30.3 Å². The fraction of sp³-hybridized carbons (Fsp3) is 0.708. The Bertz CT molecular complexity index is 615. The summed E-state index contributed by atoms with van der Waals surface area (Å²) in [5, 5.41) is 0. The molecule has 0 N–H and O–H groups in total. The van der Waals surface area contributed by atoms with Gasteiger partial charge in [0.1, 0.15) is 0 Å². The van der Waals surface area contributed by atoms with Gasteiger partial charge < -0.3 is 0 Å². The van der Waals surface area contributed by atoms with E-state index in [1.165, 1.54) is 4.46 Å². The van der Waals surface area contributed by atoms with E-state index in [2.05, 4.69) is 86.6 Å². The van der Waals surface area contributed by atoms with Crippen molar-refractivity contribution in [3.63, 3.8) is 0 Å². The van der Waals surface area contributed by atoms with Gasteiger partial charge in [0.2, 0.25) is 0 Å². The molecule has 0 radical (unpaired) electrons. The van der Waals surface area contributed by atoms with Gasteiger partial charge in [-0.25, -0.2) is 0 Å². The minimum absolute atomic E-state index is 0.0259. The van der Waals surface area contributed by atoms with Crippen molar-refractivity contribution in [2.75, 3.05) is 6.61 Å². The summed E-state index contributed by atoms with van der Waals surface area (Å²) in [6.07, 6.45) is -0.299. The Morgan fingerprint density at radius 3 is 1.83 bits per heavy atom. The molecule has 30 heavy (non-hydrogen) atoms. The average Bonchev–Trinajstić information content (AvgIpc) is 2.65. The molecule has 0 aliphatic rings. The first-order valence-corrected chi connectivity index (χ1v) is 15.3. The first-order chi connectivity index (χ1) is 14.0. The molecule has 0 aliphatic carbocycles. The molecular weight excluding hydrogens is 457 g/mol. The fourth-order valence-corrected chi connectivity index (χ4v) is 13.1. The molecular formula is C24H43NO3SeSi. The summed E-state index contributed by atoms with van der Waals surface area (Å²) in [7, 11) is -2.07. The second-order valence-electron chi connectivity index (χ2n) is 9.16. The van der Waals surface area contributed by atoms with Crippen LogP contribution in [-0.2, 0) is 9.16 Å². The average molecular weight is 501 g/mol. The number of hydrogen-bond acceptors (Lipinski definition) is 3. The van der Waals surface area contributed by atoms with Gasteiger partial charge in [-0.05, 0) is 0 Å². The molecule has 0 fully saturated rings. The number of ether oxygens (including phenoxy) is 1. The molecule has 0 unspecified atom stereocenters. The van der Waals surface area contributed by atoms with Gasteiger partial charge in [0.25, 0.3) is 0 Å². The third kappa shape index (κ3) is 6.59. The van der Waals surface area contributed by atoms with E-state index in [1.807, 2.05) is 17.9 Å². The molecule has 6 heteroatoms. The number of amides is 1. The molecule has 2 atom stereocenters. The van der Waals surface area contributed by atoms with Gasteiger partial charge in [-0.2, -0.15) is 0 Å². The first kappa shape index (κ1) is 27.2. The first-order valence-electron chi connectivity index (χ1n) is 11.3. The number of hydrogen-bond donors (Lipinski definition) is 0. The van der Waals surface area contributed by atoms with Crippen LogP contribution in [0, 0.1) is 0 Å². The zero-order valence-electron chi connectivity index (χ0n) is 20.6. The molecule has 1 aromatic carbocycles. The molecule has 1 rings (SSSR count). The second kappa shape index (κ2) is 12.3. The summed E-state index contributed by atoms with van der Waals surface area (Å²) in [6.45, 7) is 22.4. The van der Waals surface area contributed by atoms with Crippen LogP contribution in [0.2, 0.25) is 16.6 Å². The van der Waals surface area contributed by atoms with Crippen LogP contribution in [0.15, 0.2) is 30.3 Å². The summed E-state index contributed by atoms with van der Waals surface area (Å²) in [6, 6.07) is 10.5. The van der Waals surface area contributed by atoms with Crippen LogP contribution in [0.4, 0.5) is 4.79 Å². The van der Waals surface area contributed by atoms with Gasteiger partial charge >= 0.3 is 193 Å². The van der Waals surface area contributed by atoms with Crippen LogP contribution >= 0.6 is 0 Å². The molecule has 0 heterocycles. The van der Waals surface area contributed by atoms with Crippen molar-refractivity contribution < 1.29 is 14.0 Å². The van der Waals surface area contributed by atoms with Crippen molar-refractivity contribution in [1.82, 2.24) is 4.90 Å². The molecule has 1 aromatic rings. The Morgan fingerprint density at radius 2 is 1.43 bits per heavy atom. The standard InChI is InChI=1S/C24H43NO3SeSi/c1-11-27-24(26)25(17(2)3)23(29-22-15-13-12-14-16-22)21(10)28-30(18(4)5,19(6)7)20(8)9/h12-21,23H,11H2,1-10H3/t21-,23+/m0/s1. The molecule has 0 aliphatic heterocycles. The third-order valence-electron chi connectivity index (χ3n) is 5.81. The maximum absolute atomic E-state index is 13.0. The van der Waals surface area contributed by atoms with Crippen LogP contribution < -0.4 is 4.46 Å². The summed E-state index contributed by atoms with van der Waals surface area (Å²) in [5.41, 5.74) is 1.50. The minimum atomic E-state index is -2.07. The second-order valence-corrected chi connectivity index (χ2v) is 17.1. The van der Waals surface area contributed by atoms with Gasteiger partial charge in [-0.3, -0.25) is 0 Å². The SMILES string of the molecule is CCOC(=O)N(C(C)C)[C@H]([Se]c1ccccc1)[C@H](C)O[Si](C(C)C)(C(C)C)C(C)C. The van der Waals surface area contributed by atoms with E-state index >= 15 is 0 Å². The van der Waals surface area contributed by atoms with Crippen molar-refractivity contribution in [2.45, 2.75) is 103 Å². The van der Waals surface area contributed by atoms with Gasteiger partial charge in [-0.1, -0.05) is 0 Å². The quantitative estimate of drug-likeness (QED) is 0.361. The van der Waals surface area contributed by atoms with Gasteiger partial charge in [0.15, 0.2) is 0 Å². The number of carbonyl (C=O) groups excluding carboxylic acids is 1. The summed E-state index contributed by atoms with van der Waals surface area (Å²) in [5.74, 6) is 0. The van der Waals surface area contributed by atoms with Crippen LogP contribution in [0.1, 0.15) is 69.2 Å². The Labute approximate surface area is 192 Å². The Balaban J connectivity index is 3.38. The van der Waals surface area contributed by atoms with E-state index < -0.39 is 8.32 Å². The molecule has 1 amide bonds. The number of rotatable bonds is 11. The Kier molecular flexibility index (Phi) is 11.1. The summed E-state index contributed by atoms with van der Waals surface area (Å²) in [4.78, 5) is 14.8.